The third-order valence-electron chi connectivity index (χ3n) is 11.5. The fraction of sp³-hybridized carbons (Fsp3) is 0.300. The molecule has 0 spiro atoms. The molecule has 0 aromatic heterocycles. The summed E-state index contributed by atoms with van der Waals surface area (Å²) in [7, 11) is -2.65. The van der Waals surface area contributed by atoms with E-state index in [2.05, 4.69) is 171 Å². The topological polar surface area (TPSA) is 0 Å². The van der Waals surface area contributed by atoms with Crippen molar-refractivity contribution < 1.29 is 17.1 Å². The van der Waals surface area contributed by atoms with Crippen LogP contribution in [0, 0.1) is 0 Å². The zero-order valence-corrected chi connectivity index (χ0v) is 35.1. The molecule has 2 aliphatic carbocycles. The molecule has 6 rings (SSSR count). The molecule has 4 aromatic rings. The van der Waals surface area contributed by atoms with Crippen molar-refractivity contribution >= 4 is 44.2 Å². The van der Waals surface area contributed by atoms with Crippen LogP contribution in [0.15, 0.2) is 97.1 Å². The summed E-state index contributed by atoms with van der Waals surface area (Å²) in [5.41, 5.74) is 11.0. The first-order chi connectivity index (χ1) is 20.6. The second-order valence-corrected chi connectivity index (χ2v) is 75.6. The van der Waals surface area contributed by atoms with Gasteiger partial charge in [0, 0.05) is 0 Å². The monoisotopic (exact) mass is 794 g/mol. The van der Waals surface area contributed by atoms with Crippen LogP contribution < -0.4 is 10.4 Å². The van der Waals surface area contributed by atoms with Gasteiger partial charge in [-0.05, 0) is 0 Å². The second kappa shape index (κ2) is 11.0. The van der Waals surface area contributed by atoms with E-state index in [-0.39, 0.29) is 0 Å². The van der Waals surface area contributed by atoms with Gasteiger partial charge in [0.25, 0.3) is 0 Å². The van der Waals surface area contributed by atoms with Crippen LogP contribution in [0.2, 0.25) is 61.7 Å². The van der Waals surface area contributed by atoms with Crippen LogP contribution in [0.3, 0.4) is 0 Å². The van der Waals surface area contributed by atoms with Crippen LogP contribution in [0.1, 0.15) is 29.6 Å². The summed E-state index contributed by atoms with van der Waals surface area (Å²) in [4.78, 5) is 0. The van der Waals surface area contributed by atoms with E-state index in [4.69, 9.17) is 0 Å². The summed E-state index contributed by atoms with van der Waals surface area (Å²) in [6.07, 6.45) is 10.3. The summed E-state index contributed by atoms with van der Waals surface area (Å²) in [6, 6.07) is 33.3. The minimum absolute atomic E-state index is 0.562. The van der Waals surface area contributed by atoms with Crippen LogP contribution in [0.5, 0.6) is 0 Å². The van der Waals surface area contributed by atoms with E-state index in [1.54, 1.807) is 11.1 Å². The molecular formula is C40H50HfSi3. The molecule has 0 heterocycles. The van der Waals surface area contributed by atoms with E-state index < -0.39 is 38.8 Å². The molecule has 0 saturated carbocycles. The molecule has 0 saturated heterocycles. The summed E-state index contributed by atoms with van der Waals surface area (Å²) in [5, 5.41) is 3.06. The van der Waals surface area contributed by atoms with E-state index >= 15 is 0 Å². The number of rotatable bonds is 6. The molecule has 0 nitrogen and oxygen atoms in total. The number of benzene rings is 4. The first-order valence-corrected chi connectivity index (χ1v) is 42.7. The quantitative estimate of drug-likeness (QED) is 0.171. The maximum absolute atomic E-state index is 3.71. The molecule has 2 unspecified atom stereocenters. The van der Waals surface area contributed by atoms with Gasteiger partial charge >= 0.3 is 272 Å². The van der Waals surface area contributed by atoms with Gasteiger partial charge in [-0.2, -0.15) is 0 Å². The summed E-state index contributed by atoms with van der Waals surface area (Å²) >= 11 is -3.71. The molecule has 0 fully saturated rings. The minimum atomic E-state index is -3.71. The van der Waals surface area contributed by atoms with E-state index in [0.29, 0.717) is 7.35 Å². The molecule has 0 amide bonds. The van der Waals surface area contributed by atoms with Gasteiger partial charge in [0.05, 0.1) is 0 Å². The Bertz CT molecular complexity index is 1750. The SMILES string of the molecule is C[Si](C)=[Hf]([CH3])([CH3])([CH]1C=Cc2c(-c3ccc([Si](C)(C)C)cc3)cccc21)[CH]1C=Cc2c(-c3ccc([Si](C)(C)C)cc3)cccc21. The van der Waals surface area contributed by atoms with Gasteiger partial charge < -0.3 is 0 Å². The normalized spacial score (nSPS) is 18.0. The number of allylic oxidation sites excluding steroid dienone is 2. The summed E-state index contributed by atoms with van der Waals surface area (Å²) in [6.45, 7) is 19.9. The van der Waals surface area contributed by atoms with Crippen molar-refractivity contribution in [3.63, 3.8) is 0 Å². The Morgan fingerprint density at radius 1 is 0.523 bits per heavy atom. The van der Waals surface area contributed by atoms with Crippen molar-refractivity contribution in [3.05, 3.63) is 119 Å². The second-order valence-electron chi connectivity index (χ2n) is 16.6. The van der Waals surface area contributed by atoms with E-state index in [1.165, 1.54) is 43.8 Å². The molecule has 0 aliphatic heterocycles. The molecule has 0 radical (unpaired) electrons. The Morgan fingerprint density at radius 3 is 1.20 bits per heavy atom. The fourth-order valence-corrected chi connectivity index (χ4v) is 44.0. The van der Waals surface area contributed by atoms with Crippen LogP contribution in [-0.2, 0) is 17.1 Å². The molecule has 44 heavy (non-hydrogen) atoms. The van der Waals surface area contributed by atoms with Crippen LogP contribution >= 0.6 is 0 Å². The molecule has 226 valence electrons. The van der Waals surface area contributed by atoms with Gasteiger partial charge in [-0.3, -0.25) is 0 Å². The average Bonchev–Trinajstić information content (AvgIpc) is 3.62. The van der Waals surface area contributed by atoms with Crippen molar-refractivity contribution in [3.8, 4) is 22.3 Å². The van der Waals surface area contributed by atoms with Gasteiger partial charge in [-0.1, -0.05) is 0 Å². The van der Waals surface area contributed by atoms with Gasteiger partial charge in [0.15, 0.2) is 0 Å². The zero-order chi connectivity index (χ0) is 31.7. The van der Waals surface area contributed by atoms with Crippen molar-refractivity contribution in [2.24, 2.45) is 0 Å². The zero-order valence-electron chi connectivity index (χ0n) is 28.5. The Hall–Kier alpha value is -2.12. The number of hydrogen-bond donors (Lipinski definition) is 0. The molecule has 2 aliphatic rings. The molecule has 4 aromatic carbocycles. The van der Waals surface area contributed by atoms with Crippen LogP contribution in [0.25, 0.3) is 34.4 Å². The molecule has 4 heteroatoms. The Balaban J connectivity index is 1.43. The van der Waals surface area contributed by atoms with Crippen molar-refractivity contribution in [1.29, 1.82) is 0 Å². The van der Waals surface area contributed by atoms with Crippen molar-refractivity contribution in [1.82, 2.24) is 0 Å². The van der Waals surface area contributed by atoms with Gasteiger partial charge in [0.2, 0.25) is 0 Å². The molecule has 0 N–H and O–H groups in total. The van der Waals surface area contributed by atoms with E-state index in [1.807, 2.05) is 0 Å². The predicted octanol–water partition coefficient (Wildman–Crippen LogP) is 11.0. The average molecular weight is 794 g/mol. The summed E-state index contributed by atoms with van der Waals surface area (Å²) < 4.78 is 6.77. The first kappa shape index (κ1) is 31.8. The van der Waals surface area contributed by atoms with Gasteiger partial charge in [-0.15, -0.1) is 0 Å². The Kier molecular flexibility index (Phi) is 7.96. The maximum atomic E-state index is 2.82. The van der Waals surface area contributed by atoms with Gasteiger partial charge in [-0.25, -0.2) is 0 Å². The molecular weight excluding hydrogens is 743 g/mol. The van der Waals surface area contributed by atoms with Gasteiger partial charge in [0.1, 0.15) is 0 Å². The molecule has 0 bridgehead atoms. The number of fused-ring (bicyclic) bond motifs is 2. The third kappa shape index (κ3) is 5.18. The standard InChI is InChI=1S/2C18H19Si.C2H6Si.2CH3.Hf/c2*1-19(2,3)16-12-10-15(11-13-16)18-9-5-7-14-6-4-8-17(14)18;1-3-2;;;/h2*4-13H,1-3H3;1-2H3;2*1H3;. The van der Waals surface area contributed by atoms with Crippen molar-refractivity contribution in [2.75, 3.05) is 0 Å². The van der Waals surface area contributed by atoms with Crippen molar-refractivity contribution in [2.45, 2.75) is 69.1 Å². The molecule has 2 atom stereocenters. The van der Waals surface area contributed by atoms with Crippen LogP contribution in [-0.4, -0.2) is 21.6 Å². The summed E-state index contributed by atoms with van der Waals surface area (Å²) in [5.74, 6) is 0. The Morgan fingerprint density at radius 2 is 0.886 bits per heavy atom. The Labute approximate surface area is 270 Å². The van der Waals surface area contributed by atoms with Crippen LogP contribution in [0.4, 0.5) is 0 Å². The predicted molar refractivity (Wildman–Crippen MR) is 202 cm³/mol. The fourth-order valence-electron chi connectivity index (χ4n) is 7.84. The third-order valence-corrected chi connectivity index (χ3v) is 75.2. The van der Waals surface area contributed by atoms with E-state index in [9.17, 15) is 0 Å². The first-order valence-electron chi connectivity index (χ1n) is 16.4. The van der Waals surface area contributed by atoms with E-state index in [0.717, 1.165) is 0 Å². The number of hydrogen-bond acceptors (Lipinski definition) is 0.